The molecule has 1 atom stereocenters. The highest BCUT2D eigenvalue weighted by Crippen LogP contribution is 2.34. The van der Waals surface area contributed by atoms with Crippen LogP contribution < -0.4 is 10.2 Å². The first-order valence-corrected chi connectivity index (χ1v) is 10.7. The molecule has 0 spiro atoms. The molecule has 1 aromatic carbocycles. The molecule has 1 N–H and O–H groups in total. The minimum Gasteiger partial charge on any atom is -0.357 e. The van der Waals surface area contributed by atoms with Crippen LogP contribution in [-0.2, 0) is 12.8 Å². The highest BCUT2D eigenvalue weighted by Gasteiger charge is 2.26. The fourth-order valence-corrected chi connectivity index (χ4v) is 4.58. The van der Waals surface area contributed by atoms with Crippen LogP contribution in [-0.4, -0.2) is 59.5 Å². The molecule has 6 nitrogen and oxygen atoms in total. The highest BCUT2D eigenvalue weighted by molar-refractivity contribution is 7.09. The van der Waals surface area contributed by atoms with Crippen LogP contribution in [0.3, 0.4) is 0 Å². The van der Waals surface area contributed by atoms with E-state index in [1.54, 1.807) is 0 Å². The number of aromatic nitrogens is 2. The lowest BCUT2D eigenvalue weighted by Gasteiger charge is -2.36. The Kier molecular flexibility index (Phi) is 5.57. The van der Waals surface area contributed by atoms with Gasteiger partial charge in [0.2, 0.25) is 5.13 Å². The standard InChI is InChI=1S/C20H28N6S/c1-3-18-23-20(27-24-18)26-11-9-25(10-12-26)19(21-4-2)22-14-16-13-15-7-5-6-8-17(15)16/h5-8,16H,3-4,9-14H2,1-2H3,(H,21,22). The first kappa shape index (κ1) is 18.2. The zero-order valence-corrected chi connectivity index (χ0v) is 17.0. The van der Waals surface area contributed by atoms with Crippen LogP contribution in [0.2, 0.25) is 0 Å². The summed E-state index contributed by atoms with van der Waals surface area (Å²) in [6.45, 7) is 9.88. The van der Waals surface area contributed by atoms with E-state index < -0.39 is 0 Å². The molecule has 1 saturated heterocycles. The summed E-state index contributed by atoms with van der Waals surface area (Å²) in [5.41, 5.74) is 2.96. The number of aliphatic imine (C=N–C) groups is 1. The molecule has 0 radical (unpaired) electrons. The van der Waals surface area contributed by atoms with E-state index in [0.717, 1.165) is 69.0 Å². The Balaban J connectivity index is 1.35. The maximum absolute atomic E-state index is 4.96. The van der Waals surface area contributed by atoms with Crippen molar-refractivity contribution in [3.05, 3.63) is 41.2 Å². The first-order valence-electron chi connectivity index (χ1n) is 9.97. The number of benzene rings is 1. The molecule has 1 aliphatic carbocycles. The third-order valence-electron chi connectivity index (χ3n) is 5.38. The average Bonchev–Trinajstić information content (AvgIpc) is 3.17. The average molecular weight is 385 g/mol. The third kappa shape index (κ3) is 3.93. The van der Waals surface area contributed by atoms with Gasteiger partial charge in [0.1, 0.15) is 5.82 Å². The third-order valence-corrected chi connectivity index (χ3v) is 6.20. The normalized spacial score (nSPS) is 19.6. The smallest absolute Gasteiger partial charge is 0.205 e. The Bertz CT molecular complexity index is 793. The molecule has 2 aliphatic rings. The molecule has 144 valence electrons. The van der Waals surface area contributed by atoms with Crippen molar-refractivity contribution in [2.45, 2.75) is 32.6 Å². The molecule has 1 fully saturated rings. The van der Waals surface area contributed by atoms with E-state index in [1.807, 2.05) is 0 Å². The Morgan fingerprint density at radius 1 is 1.22 bits per heavy atom. The Hall–Kier alpha value is -2.15. The first-order chi connectivity index (χ1) is 13.3. The fraction of sp³-hybridized carbons (Fsp3) is 0.550. The van der Waals surface area contributed by atoms with Crippen LogP contribution >= 0.6 is 11.5 Å². The molecule has 0 saturated carbocycles. The minimum atomic E-state index is 0.574. The van der Waals surface area contributed by atoms with E-state index in [0.29, 0.717) is 5.92 Å². The second kappa shape index (κ2) is 8.25. The molecule has 2 heterocycles. The number of hydrogen-bond acceptors (Lipinski definition) is 5. The Labute approximate surface area is 165 Å². The Morgan fingerprint density at radius 2 is 2.04 bits per heavy atom. The predicted molar refractivity (Wildman–Crippen MR) is 112 cm³/mol. The van der Waals surface area contributed by atoms with Gasteiger partial charge in [0.25, 0.3) is 0 Å². The Morgan fingerprint density at radius 3 is 2.74 bits per heavy atom. The quantitative estimate of drug-likeness (QED) is 0.634. The van der Waals surface area contributed by atoms with Gasteiger partial charge in [-0.2, -0.15) is 4.37 Å². The number of piperazine rings is 1. The number of guanidine groups is 1. The lowest BCUT2D eigenvalue weighted by Crippen LogP contribution is -2.52. The maximum Gasteiger partial charge on any atom is 0.205 e. The number of aryl methyl sites for hydroxylation is 1. The summed E-state index contributed by atoms with van der Waals surface area (Å²) in [5, 5.41) is 4.53. The number of rotatable bonds is 5. The number of anilines is 1. The predicted octanol–water partition coefficient (Wildman–Crippen LogP) is 2.53. The molecule has 1 aromatic heterocycles. The van der Waals surface area contributed by atoms with Crippen LogP contribution in [0, 0.1) is 0 Å². The molecular weight excluding hydrogens is 356 g/mol. The summed E-state index contributed by atoms with van der Waals surface area (Å²) >= 11 is 1.52. The topological polar surface area (TPSA) is 56.7 Å². The fourth-order valence-electron chi connectivity index (χ4n) is 3.77. The monoisotopic (exact) mass is 384 g/mol. The van der Waals surface area contributed by atoms with Gasteiger partial charge in [-0.15, -0.1) is 0 Å². The van der Waals surface area contributed by atoms with Gasteiger partial charge >= 0.3 is 0 Å². The second-order valence-corrected chi connectivity index (χ2v) is 7.85. The molecule has 4 rings (SSSR count). The van der Waals surface area contributed by atoms with Crippen LogP contribution in [0.15, 0.2) is 29.3 Å². The summed E-state index contributed by atoms with van der Waals surface area (Å²) < 4.78 is 4.42. The van der Waals surface area contributed by atoms with E-state index in [-0.39, 0.29) is 0 Å². The highest BCUT2D eigenvalue weighted by atomic mass is 32.1. The molecule has 0 amide bonds. The van der Waals surface area contributed by atoms with Gasteiger partial charge in [0.15, 0.2) is 5.96 Å². The van der Waals surface area contributed by atoms with Crippen molar-refractivity contribution < 1.29 is 0 Å². The molecule has 0 bridgehead atoms. The molecule has 2 aromatic rings. The van der Waals surface area contributed by atoms with E-state index in [4.69, 9.17) is 4.99 Å². The molecule has 1 unspecified atom stereocenters. The number of nitrogens with one attached hydrogen (secondary N) is 1. The lowest BCUT2D eigenvalue weighted by molar-refractivity contribution is 0.371. The van der Waals surface area contributed by atoms with Gasteiger partial charge in [-0.05, 0) is 24.5 Å². The molecule has 7 heteroatoms. The van der Waals surface area contributed by atoms with Gasteiger partial charge in [-0.25, -0.2) is 4.98 Å². The number of nitrogens with zero attached hydrogens (tertiary/aromatic N) is 5. The van der Waals surface area contributed by atoms with Crippen molar-refractivity contribution in [2.75, 3.05) is 44.2 Å². The SMILES string of the molecule is CCNC(=NCC1Cc2ccccc21)N1CCN(c2nc(CC)ns2)CC1. The van der Waals surface area contributed by atoms with Crippen LogP contribution in [0.1, 0.15) is 36.7 Å². The molecule has 1 aliphatic heterocycles. The van der Waals surface area contributed by atoms with Gasteiger partial charge in [-0.1, -0.05) is 31.2 Å². The zero-order valence-electron chi connectivity index (χ0n) is 16.2. The number of hydrogen-bond donors (Lipinski definition) is 1. The van der Waals surface area contributed by atoms with E-state index >= 15 is 0 Å². The van der Waals surface area contributed by atoms with Crippen molar-refractivity contribution >= 4 is 22.6 Å². The van der Waals surface area contributed by atoms with Crippen LogP contribution in [0.25, 0.3) is 0 Å². The van der Waals surface area contributed by atoms with E-state index in [9.17, 15) is 0 Å². The van der Waals surface area contributed by atoms with Gasteiger partial charge in [-0.3, -0.25) is 4.99 Å². The summed E-state index contributed by atoms with van der Waals surface area (Å²) in [4.78, 5) is 14.3. The maximum atomic E-state index is 4.96. The van der Waals surface area contributed by atoms with E-state index in [2.05, 4.69) is 62.6 Å². The van der Waals surface area contributed by atoms with Crippen molar-refractivity contribution in [3.63, 3.8) is 0 Å². The number of fused-ring (bicyclic) bond motifs is 1. The van der Waals surface area contributed by atoms with E-state index in [1.165, 1.54) is 22.7 Å². The van der Waals surface area contributed by atoms with Crippen LogP contribution in [0.5, 0.6) is 0 Å². The van der Waals surface area contributed by atoms with Crippen molar-refractivity contribution in [1.82, 2.24) is 19.6 Å². The summed E-state index contributed by atoms with van der Waals surface area (Å²) in [7, 11) is 0. The minimum absolute atomic E-state index is 0.574. The molecule has 27 heavy (non-hydrogen) atoms. The van der Waals surface area contributed by atoms with Crippen molar-refractivity contribution in [3.8, 4) is 0 Å². The van der Waals surface area contributed by atoms with Crippen molar-refractivity contribution in [1.29, 1.82) is 0 Å². The van der Waals surface area contributed by atoms with Crippen molar-refractivity contribution in [2.24, 2.45) is 4.99 Å². The van der Waals surface area contributed by atoms with Crippen LogP contribution in [0.4, 0.5) is 5.13 Å². The largest absolute Gasteiger partial charge is 0.357 e. The van der Waals surface area contributed by atoms with Gasteiger partial charge in [0.05, 0.1) is 0 Å². The zero-order chi connectivity index (χ0) is 18.6. The summed E-state index contributed by atoms with van der Waals surface area (Å²) in [5.74, 6) is 2.58. The van der Waals surface area contributed by atoms with Gasteiger partial charge < -0.3 is 15.1 Å². The molecular formula is C20H28N6S. The van der Waals surface area contributed by atoms with Gasteiger partial charge in [0, 0.05) is 63.1 Å². The summed E-state index contributed by atoms with van der Waals surface area (Å²) in [6.07, 6.45) is 2.06. The second-order valence-electron chi connectivity index (χ2n) is 7.12. The lowest BCUT2D eigenvalue weighted by atomic mass is 9.78. The summed E-state index contributed by atoms with van der Waals surface area (Å²) in [6, 6.07) is 8.74.